The highest BCUT2D eigenvalue weighted by atomic mass is 35.5. The maximum absolute atomic E-state index is 11.8. The van der Waals surface area contributed by atoms with Crippen LogP contribution < -0.4 is 10.6 Å². The minimum atomic E-state index is -0.201. The van der Waals surface area contributed by atoms with Crippen LogP contribution in [-0.2, 0) is 6.42 Å². The van der Waals surface area contributed by atoms with Crippen molar-refractivity contribution in [3.8, 4) is 0 Å². The highest BCUT2D eigenvalue weighted by Crippen LogP contribution is 2.19. The lowest BCUT2D eigenvalue weighted by atomic mass is 10.1. The number of rotatable bonds is 5. The van der Waals surface area contributed by atoms with E-state index in [9.17, 15) is 4.79 Å². The molecule has 0 heterocycles. The third-order valence-electron chi connectivity index (χ3n) is 3.22. The second-order valence-electron chi connectivity index (χ2n) is 4.93. The zero-order valence-electron chi connectivity index (χ0n) is 12.0. The molecular weight excluding hydrogens is 284 g/mol. The summed E-state index contributed by atoms with van der Waals surface area (Å²) in [5.41, 5.74) is 3.01. The van der Waals surface area contributed by atoms with Crippen molar-refractivity contribution in [3.63, 3.8) is 0 Å². The molecule has 4 heteroatoms. The first kappa shape index (κ1) is 15.4. The Morgan fingerprint density at radius 2 is 1.90 bits per heavy atom. The summed E-state index contributed by atoms with van der Waals surface area (Å²) in [6.07, 6.45) is 1.86. The fourth-order valence-corrected chi connectivity index (χ4v) is 2.21. The molecule has 21 heavy (non-hydrogen) atoms. The van der Waals surface area contributed by atoms with E-state index >= 15 is 0 Å². The minimum absolute atomic E-state index is 0.201. The lowest BCUT2D eigenvalue weighted by Crippen LogP contribution is -2.30. The molecule has 0 spiro atoms. The lowest BCUT2D eigenvalue weighted by Gasteiger charge is -2.10. The van der Waals surface area contributed by atoms with E-state index in [-0.39, 0.29) is 6.03 Å². The van der Waals surface area contributed by atoms with Gasteiger partial charge in [-0.3, -0.25) is 0 Å². The number of aryl methyl sites for hydroxylation is 2. The Morgan fingerprint density at radius 1 is 1.14 bits per heavy atom. The molecule has 0 aliphatic carbocycles. The Morgan fingerprint density at radius 3 is 2.67 bits per heavy atom. The van der Waals surface area contributed by atoms with Crippen LogP contribution in [-0.4, -0.2) is 12.6 Å². The number of anilines is 1. The number of halogens is 1. The van der Waals surface area contributed by atoms with Crippen molar-refractivity contribution in [1.82, 2.24) is 5.32 Å². The molecule has 110 valence electrons. The molecule has 0 saturated carbocycles. The number of hydrogen-bond donors (Lipinski definition) is 2. The SMILES string of the molecule is Cc1ccc(Cl)cc1NC(=O)NCCCc1ccccc1. The summed E-state index contributed by atoms with van der Waals surface area (Å²) in [6.45, 7) is 2.57. The van der Waals surface area contributed by atoms with E-state index < -0.39 is 0 Å². The van der Waals surface area contributed by atoms with Crippen LogP contribution in [0.15, 0.2) is 48.5 Å². The third kappa shape index (κ3) is 5.12. The van der Waals surface area contributed by atoms with E-state index in [0.717, 1.165) is 24.1 Å². The molecule has 2 amide bonds. The molecule has 0 aliphatic rings. The molecule has 0 aromatic heterocycles. The van der Waals surface area contributed by atoms with E-state index in [2.05, 4.69) is 22.8 Å². The van der Waals surface area contributed by atoms with E-state index in [1.165, 1.54) is 5.56 Å². The number of carbonyl (C=O) groups excluding carboxylic acids is 1. The third-order valence-corrected chi connectivity index (χ3v) is 3.45. The molecule has 2 rings (SSSR count). The van der Waals surface area contributed by atoms with Crippen molar-refractivity contribution >= 4 is 23.3 Å². The van der Waals surface area contributed by atoms with E-state index in [4.69, 9.17) is 11.6 Å². The standard InChI is InChI=1S/C17H19ClN2O/c1-13-9-10-15(18)12-16(13)20-17(21)19-11-5-8-14-6-3-2-4-7-14/h2-4,6-7,9-10,12H,5,8,11H2,1H3,(H2,19,20,21). The lowest BCUT2D eigenvalue weighted by molar-refractivity contribution is 0.252. The minimum Gasteiger partial charge on any atom is -0.338 e. The quantitative estimate of drug-likeness (QED) is 0.790. The van der Waals surface area contributed by atoms with Crippen molar-refractivity contribution < 1.29 is 4.79 Å². The number of benzene rings is 2. The summed E-state index contributed by atoms with van der Waals surface area (Å²) in [6, 6.07) is 15.5. The van der Waals surface area contributed by atoms with Crippen LogP contribution >= 0.6 is 11.6 Å². The van der Waals surface area contributed by atoms with Crippen molar-refractivity contribution in [2.45, 2.75) is 19.8 Å². The topological polar surface area (TPSA) is 41.1 Å². The summed E-state index contributed by atoms with van der Waals surface area (Å²) in [7, 11) is 0. The first-order valence-corrected chi connectivity index (χ1v) is 7.38. The van der Waals surface area contributed by atoms with Gasteiger partial charge in [-0.15, -0.1) is 0 Å². The largest absolute Gasteiger partial charge is 0.338 e. The average Bonchev–Trinajstić information content (AvgIpc) is 2.48. The Kier molecular flexibility index (Phi) is 5.64. The van der Waals surface area contributed by atoms with Gasteiger partial charge in [0.2, 0.25) is 0 Å². The molecule has 0 saturated heterocycles. The smallest absolute Gasteiger partial charge is 0.319 e. The monoisotopic (exact) mass is 302 g/mol. The predicted octanol–water partition coefficient (Wildman–Crippen LogP) is 4.40. The molecule has 3 nitrogen and oxygen atoms in total. The Hall–Kier alpha value is -2.00. The van der Waals surface area contributed by atoms with Crippen molar-refractivity contribution in [1.29, 1.82) is 0 Å². The van der Waals surface area contributed by atoms with Crippen LogP contribution in [0, 0.1) is 6.92 Å². The fraction of sp³-hybridized carbons (Fsp3) is 0.235. The van der Waals surface area contributed by atoms with Gasteiger partial charge in [0, 0.05) is 17.3 Å². The average molecular weight is 303 g/mol. The first-order valence-electron chi connectivity index (χ1n) is 7.00. The first-order chi connectivity index (χ1) is 10.1. The van der Waals surface area contributed by atoms with Gasteiger partial charge in [-0.2, -0.15) is 0 Å². The van der Waals surface area contributed by atoms with Gasteiger partial charge in [-0.05, 0) is 43.0 Å². The Labute approximate surface area is 130 Å². The van der Waals surface area contributed by atoms with Gasteiger partial charge in [0.15, 0.2) is 0 Å². The molecule has 0 aliphatic heterocycles. The van der Waals surface area contributed by atoms with Crippen LogP contribution in [0.5, 0.6) is 0 Å². The van der Waals surface area contributed by atoms with Crippen LogP contribution in [0.3, 0.4) is 0 Å². The maximum atomic E-state index is 11.8. The van der Waals surface area contributed by atoms with Crippen molar-refractivity contribution in [3.05, 3.63) is 64.7 Å². The summed E-state index contributed by atoms with van der Waals surface area (Å²) in [4.78, 5) is 11.8. The molecule has 0 fully saturated rings. The molecule has 2 aromatic carbocycles. The van der Waals surface area contributed by atoms with Crippen molar-refractivity contribution in [2.24, 2.45) is 0 Å². The van der Waals surface area contributed by atoms with Crippen LogP contribution in [0.1, 0.15) is 17.5 Å². The molecule has 0 unspecified atom stereocenters. The molecule has 2 N–H and O–H groups in total. The Bertz CT molecular complexity index is 599. The van der Waals surface area contributed by atoms with Gasteiger partial charge in [0.25, 0.3) is 0 Å². The molecule has 2 aromatic rings. The normalized spacial score (nSPS) is 10.2. The Balaban J connectivity index is 1.74. The molecular formula is C17H19ClN2O. The number of hydrogen-bond acceptors (Lipinski definition) is 1. The number of carbonyl (C=O) groups is 1. The van der Waals surface area contributed by atoms with Crippen LogP contribution in [0.25, 0.3) is 0 Å². The summed E-state index contributed by atoms with van der Waals surface area (Å²) in [5, 5.41) is 6.28. The molecule has 0 radical (unpaired) electrons. The van der Waals surface area contributed by atoms with Gasteiger partial charge in [0.05, 0.1) is 0 Å². The second-order valence-corrected chi connectivity index (χ2v) is 5.37. The van der Waals surface area contributed by atoms with Gasteiger partial charge >= 0.3 is 6.03 Å². The molecule has 0 bridgehead atoms. The van der Waals surface area contributed by atoms with Crippen molar-refractivity contribution in [2.75, 3.05) is 11.9 Å². The van der Waals surface area contributed by atoms with E-state index in [1.54, 1.807) is 12.1 Å². The van der Waals surface area contributed by atoms with Gasteiger partial charge in [-0.25, -0.2) is 4.79 Å². The van der Waals surface area contributed by atoms with Gasteiger partial charge < -0.3 is 10.6 Å². The van der Waals surface area contributed by atoms with Crippen LogP contribution in [0.2, 0.25) is 5.02 Å². The number of nitrogens with one attached hydrogen (secondary N) is 2. The number of amides is 2. The highest BCUT2D eigenvalue weighted by Gasteiger charge is 2.04. The predicted molar refractivity (Wildman–Crippen MR) is 88.0 cm³/mol. The molecule has 0 atom stereocenters. The number of urea groups is 1. The summed E-state index contributed by atoms with van der Waals surface area (Å²) < 4.78 is 0. The zero-order chi connectivity index (χ0) is 15.1. The fourth-order valence-electron chi connectivity index (χ4n) is 2.03. The van der Waals surface area contributed by atoms with Crippen LogP contribution in [0.4, 0.5) is 10.5 Å². The summed E-state index contributed by atoms with van der Waals surface area (Å²) in [5.74, 6) is 0. The van der Waals surface area contributed by atoms with E-state index in [1.807, 2.05) is 31.2 Å². The second kappa shape index (κ2) is 7.70. The van der Waals surface area contributed by atoms with Gasteiger partial charge in [-0.1, -0.05) is 48.0 Å². The van der Waals surface area contributed by atoms with E-state index in [0.29, 0.717) is 11.6 Å². The zero-order valence-corrected chi connectivity index (χ0v) is 12.8. The highest BCUT2D eigenvalue weighted by molar-refractivity contribution is 6.31. The van der Waals surface area contributed by atoms with Gasteiger partial charge in [0.1, 0.15) is 0 Å². The maximum Gasteiger partial charge on any atom is 0.319 e. The summed E-state index contributed by atoms with van der Waals surface area (Å²) >= 11 is 5.92.